The molecule has 3 heterocycles. The minimum absolute atomic E-state index is 0.120. The van der Waals surface area contributed by atoms with Crippen LogP contribution in [0.3, 0.4) is 0 Å². The van der Waals surface area contributed by atoms with Crippen molar-refractivity contribution < 1.29 is 9.18 Å². The van der Waals surface area contributed by atoms with Crippen molar-refractivity contribution >= 4 is 28.0 Å². The number of carbonyl (C=O) groups excluding carboxylic acids is 1. The first-order valence-corrected chi connectivity index (χ1v) is 11.4. The van der Waals surface area contributed by atoms with E-state index in [0.29, 0.717) is 18.8 Å². The van der Waals surface area contributed by atoms with Crippen molar-refractivity contribution in [2.24, 2.45) is 5.92 Å². The van der Waals surface area contributed by atoms with Gasteiger partial charge in [-0.3, -0.25) is 9.78 Å². The van der Waals surface area contributed by atoms with Crippen LogP contribution >= 0.6 is 11.3 Å². The molecule has 2 aromatic heterocycles. The lowest BCUT2D eigenvalue weighted by molar-refractivity contribution is -0.131. The van der Waals surface area contributed by atoms with Gasteiger partial charge in [0.05, 0.1) is 18.3 Å². The summed E-state index contributed by atoms with van der Waals surface area (Å²) in [5.41, 5.74) is 1.81. The minimum Gasteiger partial charge on any atom is -0.342 e. The lowest BCUT2D eigenvalue weighted by Crippen LogP contribution is -2.39. The highest BCUT2D eigenvalue weighted by Crippen LogP contribution is 2.27. The number of hydrogen-bond acceptors (Lipinski definition) is 5. The zero-order valence-electron chi connectivity index (χ0n) is 17.5. The molecule has 5 nitrogen and oxygen atoms in total. The number of rotatable bonds is 6. The van der Waals surface area contributed by atoms with Crippen molar-refractivity contribution in [1.29, 1.82) is 0 Å². The van der Waals surface area contributed by atoms with E-state index in [0.717, 1.165) is 64.4 Å². The topological polar surface area (TPSA) is 59.0 Å². The highest BCUT2D eigenvalue weighted by Gasteiger charge is 2.23. The molecule has 3 aromatic rings. The van der Waals surface area contributed by atoms with Crippen molar-refractivity contribution in [3.63, 3.8) is 0 Å². The molecule has 0 radical (unpaired) electrons. The molecule has 4 rings (SSSR count). The quantitative estimate of drug-likeness (QED) is 0.558. The predicted molar refractivity (Wildman–Crippen MR) is 118 cm³/mol. The number of fused-ring (bicyclic) bond motifs is 1. The molecule has 1 aliphatic rings. The van der Waals surface area contributed by atoms with E-state index in [4.69, 9.17) is 0 Å². The van der Waals surface area contributed by atoms with Crippen LogP contribution in [-0.2, 0) is 11.2 Å². The summed E-state index contributed by atoms with van der Waals surface area (Å²) in [5.74, 6) is 0.656. The third kappa shape index (κ3) is 5.01. The van der Waals surface area contributed by atoms with Crippen LogP contribution in [0.2, 0.25) is 0 Å². The van der Waals surface area contributed by atoms with Crippen LogP contribution in [-0.4, -0.2) is 45.2 Å². The summed E-state index contributed by atoms with van der Waals surface area (Å²) in [5, 5.41) is 12.2. The van der Waals surface area contributed by atoms with Gasteiger partial charge in [-0.25, -0.2) is 4.39 Å². The van der Waals surface area contributed by atoms with E-state index in [1.54, 1.807) is 18.3 Å². The molecule has 0 bridgehead atoms. The first kappa shape index (κ1) is 20.8. The van der Waals surface area contributed by atoms with Gasteiger partial charge in [0.2, 0.25) is 5.91 Å². The number of aryl methyl sites for hydroxylation is 1. The van der Waals surface area contributed by atoms with Crippen molar-refractivity contribution in [1.82, 2.24) is 20.1 Å². The molecule has 0 aliphatic carbocycles. The molecule has 1 atom stereocenters. The van der Waals surface area contributed by atoms with E-state index in [-0.39, 0.29) is 5.91 Å². The molecule has 0 spiro atoms. The van der Waals surface area contributed by atoms with E-state index in [1.807, 2.05) is 36.2 Å². The first-order valence-electron chi connectivity index (χ1n) is 10.6. The summed E-state index contributed by atoms with van der Waals surface area (Å²) in [6.45, 7) is 5.09. The Kier molecular flexibility index (Phi) is 6.37. The fourth-order valence-corrected chi connectivity index (χ4v) is 4.72. The summed E-state index contributed by atoms with van der Waals surface area (Å²) in [7, 11) is 0. The Hall–Kier alpha value is -2.41. The maximum atomic E-state index is 13.1. The second-order valence-electron chi connectivity index (χ2n) is 8.22. The van der Waals surface area contributed by atoms with Crippen LogP contribution in [0, 0.1) is 12.8 Å². The van der Waals surface area contributed by atoms with E-state index in [2.05, 4.69) is 21.2 Å². The molecular formula is C23H27FN4OS. The van der Waals surface area contributed by atoms with Gasteiger partial charge in [-0.15, -0.1) is 10.2 Å². The fourth-order valence-electron chi connectivity index (χ4n) is 4.03. The average molecular weight is 427 g/mol. The molecule has 0 N–H and O–H groups in total. The fraction of sp³-hybridized carbons (Fsp3) is 0.478. The normalized spacial score (nSPS) is 16.2. The highest BCUT2D eigenvalue weighted by molar-refractivity contribution is 7.14. The molecule has 158 valence electrons. The van der Waals surface area contributed by atoms with Crippen LogP contribution in [0.5, 0.6) is 0 Å². The van der Waals surface area contributed by atoms with Gasteiger partial charge in [-0.05, 0) is 63.0 Å². The van der Waals surface area contributed by atoms with Gasteiger partial charge in [-0.1, -0.05) is 23.5 Å². The Morgan fingerprint density at radius 2 is 2.03 bits per heavy atom. The molecule has 1 saturated heterocycles. The number of piperidine rings is 1. The Bertz CT molecular complexity index is 1030. The Balaban J connectivity index is 1.40. The minimum atomic E-state index is -0.736. The third-order valence-corrected chi connectivity index (χ3v) is 6.71. The zero-order chi connectivity index (χ0) is 21.1. The van der Waals surface area contributed by atoms with Gasteiger partial charge in [0, 0.05) is 30.2 Å². The summed E-state index contributed by atoms with van der Waals surface area (Å²) in [6, 6.07) is 8.15. The third-order valence-electron chi connectivity index (χ3n) is 5.82. The lowest BCUT2D eigenvalue weighted by atomic mass is 9.91. The molecule has 30 heavy (non-hydrogen) atoms. The highest BCUT2D eigenvalue weighted by atomic mass is 32.1. The SMILES string of the molecule is Cc1nnc(-c2ccc3cnc(CC(=O)N4CCC(CCC(C)F)CC4)cc3c2)s1. The van der Waals surface area contributed by atoms with E-state index in [9.17, 15) is 9.18 Å². The van der Waals surface area contributed by atoms with Crippen molar-refractivity contribution in [3.05, 3.63) is 41.2 Å². The number of carbonyl (C=O) groups is 1. The van der Waals surface area contributed by atoms with Gasteiger partial charge < -0.3 is 4.90 Å². The zero-order valence-corrected chi connectivity index (χ0v) is 18.3. The molecule has 1 aliphatic heterocycles. The number of benzene rings is 1. The number of aromatic nitrogens is 3. The summed E-state index contributed by atoms with van der Waals surface area (Å²) in [4.78, 5) is 19.2. The Morgan fingerprint density at radius 3 is 2.73 bits per heavy atom. The number of likely N-dealkylation sites (tertiary alicyclic amines) is 1. The largest absolute Gasteiger partial charge is 0.342 e. The molecule has 1 aromatic carbocycles. The molecule has 1 amide bonds. The van der Waals surface area contributed by atoms with Gasteiger partial charge in [0.25, 0.3) is 0 Å². The second kappa shape index (κ2) is 9.16. The number of hydrogen-bond donors (Lipinski definition) is 0. The number of alkyl halides is 1. The van der Waals surface area contributed by atoms with Gasteiger partial charge in [0.15, 0.2) is 0 Å². The van der Waals surface area contributed by atoms with E-state index >= 15 is 0 Å². The first-order chi connectivity index (χ1) is 14.5. The molecule has 7 heteroatoms. The molecule has 1 unspecified atom stereocenters. The average Bonchev–Trinajstić information content (AvgIpc) is 3.18. The van der Waals surface area contributed by atoms with Crippen LogP contribution < -0.4 is 0 Å². The predicted octanol–water partition coefficient (Wildman–Crippen LogP) is 4.98. The Labute approximate surface area is 180 Å². The number of amides is 1. The van der Waals surface area contributed by atoms with Crippen LogP contribution in [0.25, 0.3) is 21.3 Å². The summed E-state index contributed by atoms with van der Waals surface area (Å²) in [6.07, 6.45) is 4.88. The van der Waals surface area contributed by atoms with E-state index < -0.39 is 6.17 Å². The van der Waals surface area contributed by atoms with Gasteiger partial charge in [-0.2, -0.15) is 0 Å². The van der Waals surface area contributed by atoms with E-state index in [1.165, 1.54) is 0 Å². The van der Waals surface area contributed by atoms with Crippen molar-refractivity contribution in [2.75, 3.05) is 13.1 Å². The van der Waals surface area contributed by atoms with Gasteiger partial charge in [0.1, 0.15) is 10.0 Å². The van der Waals surface area contributed by atoms with Crippen LogP contribution in [0.1, 0.15) is 43.3 Å². The lowest BCUT2D eigenvalue weighted by Gasteiger charge is -2.32. The Morgan fingerprint density at radius 1 is 1.23 bits per heavy atom. The van der Waals surface area contributed by atoms with Crippen LogP contribution in [0.4, 0.5) is 4.39 Å². The van der Waals surface area contributed by atoms with Crippen molar-refractivity contribution in [2.45, 2.75) is 52.1 Å². The summed E-state index contributed by atoms with van der Waals surface area (Å²) < 4.78 is 13.1. The maximum absolute atomic E-state index is 13.1. The van der Waals surface area contributed by atoms with Crippen LogP contribution in [0.15, 0.2) is 30.5 Å². The number of halogens is 1. The number of nitrogens with zero attached hydrogens (tertiary/aromatic N) is 4. The summed E-state index contributed by atoms with van der Waals surface area (Å²) >= 11 is 1.57. The molecule has 0 saturated carbocycles. The standard InChI is InChI=1S/C23H27FN4OS/c1-15(24)3-4-17-7-9-28(10-8-17)22(29)13-21-12-20-11-18(5-6-19(20)14-25-21)23-27-26-16(2)30-23/h5-6,11-12,14-15,17H,3-4,7-10,13H2,1-2H3. The smallest absolute Gasteiger partial charge is 0.228 e. The molecular weight excluding hydrogens is 399 g/mol. The maximum Gasteiger partial charge on any atom is 0.228 e. The monoisotopic (exact) mass is 426 g/mol. The van der Waals surface area contributed by atoms with Gasteiger partial charge >= 0.3 is 0 Å². The number of pyridine rings is 1. The second-order valence-corrected chi connectivity index (χ2v) is 9.40. The molecule has 1 fully saturated rings. The van der Waals surface area contributed by atoms with Crippen molar-refractivity contribution in [3.8, 4) is 10.6 Å².